The van der Waals surface area contributed by atoms with Crippen molar-refractivity contribution >= 4 is 0 Å². The van der Waals surface area contributed by atoms with Crippen LogP contribution >= 0.6 is 0 Å². The molecule has 3 aromatic carbocycles. The summed E-state index contributed by atoms with van der Waals surface area (Å²) < 4.78 is 25.4. The Hall–Kier alpha value is -3.53. The predicted molar refractivity (Wildman–Crippen MR) is 137 cm³/mol. The zero-order valence-corrected chi connectivity index (χ0v) is 22.1. The Labute approximate surface area is 224 Å². The van der Waals surface area contributed by atoms with Crippen LogP contribution in [-0.4, -0.2) is 9.97 Å². The summed E-state index contributed by atoms with van der Waals surface area (Å²) in [6.45, 7) is 0.684. The van der Waals surface area contributed by atoms with E-state index in [-0.39, 0.29) is 20.1 Å². The second-order valence-corrected chi connectivity index (χ2v) is 7.97. The standard InChI is InChI=1S/C17H12N.C14H12F2N.Ir/c1-3-7-14(8-4-1)16-11-12-17(18-13-16)15-9-5-2-6-10-15;1-10-2-5-14(17-9-10)13-4-3-11(7-15)6-12(13)8-16;/h1-9,11-13H;2-3,5-6,9H,7-8H2,1H3;/q2*-1;. The van der Waals surface area contributed by atoms with E-state index in [1.54, 1.807) is 6.20 Å². The summed E-state index contributed by atoms with van der Waals surface area (Å²) in [5, 5.41) is 0. The molecule has 0 aliphatic rings. The molecule has 2 nitrogen and oxygen atoms in total. The topological polar surface area (TPSA) is 25.8 Å². The largest absolute Gasteiger partial charge is 0.304 e. The third-order valence-electron chi connectivity index (χ3n) is 5.40. The molecule has 5 aromatic rings. The minimum Gasteiger partial charge on any atom is -0.304 e. The van der Waals surface area contributed by atoms with Crippen molar-refractivity contribution < 1.29 is 28.9 Å². The Morgan fingerprint density at radius 3 is 2.08 bits per heavy atom. The van der Waals surface area contributed by atoms with Gasteiger partial charge in [0.25, 0.3) is 0 Å². The normalized spacial score (nSPS) is 10.1. The number of rotatable bonds is 5. The Kier molecular flexibility index (Phi) is 10.2. The molecule has 0 unspecified atom stereocenters. The van der Waals surface area contributed by atoms with Crippen LogP contribution in [0.1, 0.15) is 16.7 Å². The molecule has 36 heavy (non-hydrogen) atoms. The van der Waals surface area contributed by atoms with Gasteiger partial charge in [-0.05, 0) is 35.0 Å². The number of aryl methyl sites for hydroxylation is 1. The summed E-state index contributed by atoms with van der Waals surface area (Å²) in [7, 11) is 0. The van der Waals surface area contributed by atoms with Gasteiger partial charge in [0, 0.05) is 32.5 Å². The Balaban J connectivity index is 0.000000196. The van der Waals surface area contributed by atoms with Gasteiger partial charge in [-0.3, -0.25) is 8.78 Å². The first-order valence-electron chi connectivity index (χ1n) is 11.2. The van der Waals surface area contributed by atoms with Gasteiger partial charge in [0.1, 0.15) is 0 Å². The average molecular weight is 655 g/mol. The third kappa shape index (κ3) is 7.00. The second-order valence-electron chi connectivity index (χ2n) is 7.97. The number of aromatic nitrogens is 2. The summed E-state index contributed by atoms with van der Waals surface area (Å²) in [6.07, 6.45) is 3.62. The van der Waals surface area contributed by atoms with Crippen molar-refractivity contribution in [1.29, 1.82) is 0 Å². The zero-order chi connectivity index (χ0) is 24.5. The molecule has 0 N–H and O–H groups in total. The van der Waals surface area contributed by atoms with Crippen LogP contribution < -0.4 is 0 Å². The van der Waals surface area contributed by atoms with Crippen LogP contribution in [0.4, 0.5) is 8.78 Å². The predicted octanol–water partition coefficient (Wildman–Crippen LogP) is 8.01. The van der Waals surface area contributed by atoms with Crippen LogP contribution in [0.15, 0.2) is 103 Å². The minimum absolute atomic E-state index is 0. The van der Waals surface area contributed by atoms with E-state index in [0.717, 1.165) is 22.4 Å². The fourth-order valence-electron chi connectivity index (χ4n) is 3.54. The molecule has 0 saturated carbocycles. The first kappa shape index (κ1) is 27.1. The Bertz CT molecular complexity index is 1280. The summed E-state index contributed by atoms with van der Waals surface area (Å²) >= 11 is 0. The van der Waals surface area contributed by atoms with E-state index in [1.165, 1.54) is 17.7 Å². The number of alkyl halides is 2. The van der Waals surface area contributed by atoms with E-state index < -0.39 is 13.3 Å². The minimum atomic E-state index is -0.644. The van der Waals surface area contributed by atoms with Crippen LogP contribution in [0.3, 0.4) is 0 Å². The zero-order valence-electron chi connectivity index (χ0n) is 19.7. The van der Waals surface area contributed by atoms with E-state index in [9.17, 15) is 8.78 Å². The van der Waals surface area contributed by atoms with Crippen LogP contribution in [0.5, 0.6) is 0 Å². The molecule has 0 aliphatic carbocycles. The summed E-state index contributed by atoms with van der Waals surface area (Å²) in [5.41, 5.74) is 7.47. The number of halogens is 2. The summed E-state index contributed by atoms with van der Waals surface area (Å²) in [5.74, 6) is 0. The van der Waals surface area contributed by atoms with Gasteiger partial charge >= 0.3 is 0 Å². The van der Waals surface area contributed by atoms with Crippen molar-refractivity contribution in [1.82, 2.24) is 9.97 Å². The smallest absolute Gasteiger partial charge is 0.0814 e. The van der Waals surface area contributed by atoms with E-state index in [2.05, 4.69) is 40.3 Å². The number of nitrogens with zero attached hydrogens (tertiary/aromatic N) is 2. The maximum absolute atomic E-state index is 12.9. The first-order chi connectivity index (χ1) is 17.2. The fourth-order valence-corrected chi connectivity index (χ4v) is 3.54. The van der Waals surface area contributed by atoms with Crippen LogP contribution in [0.25, 0.3) is 33.6 Å². The van der Waals surface area contributed by atoms with Crippen molar-refractivity contribution in [3.05, 3.63) is 132 Å². The van der Waals surface area contributed by atoms with E-state index in [1.807, 2.05) is 73.8 Å². The van der Waals surface area contributed by atoms with Crippen molar-refractivity contribution in [2.24, 2.45) is 0 Å². The van der Waals surface area contributed by atoms with Crippen molar-refractivity contribution in [3.8, 4) is 33.6 Å². The van der Waals surface area contributed by atoms with Crippen molar-refractivity contribution in [3.63, 3.8) is 0 Å². The molecule has 183 valence electrons. The van der Waals surface area contributed by atoms with Gasteiger partial charge in [0.05, 0.1) is 13.3 Å². The Morgan fingerprint density at radius 2 is 1.47 bits per heavy atom. The first-order valence-corrected chi connectivity index (χ1v) is 11.2. The van der Waals surface area contributed by atoms with Gasteiger partial charge in [-0.15, -0.1) is 59.7 Å². The van der Waals surface area contributed by atoms with Crippen molar-refractivity contribution in [2.45, 2.75) is 20.3 Å². The molecule has 0 amide bonds. The van der Waals surface area contributed by atoms with Gasteiger partial charge in [0.2, 0.25) is 0 Å². The van der Waals surface area contributed by atoms with Gasteiger partial charge in [0.15, 0.2) is 0 Å². The maximum Gasteiger partial charge on any atom is 0.0814 e. The molecule has 0 spiro atoms. The molecule has 2 aromatic heterocycles. The van der Waals surface area contributed by atoms with E-state index >= 15 is 0 Å². The van der Waals surface area contributed by atoms with E-state index in [4.69, 9.17) is 0 Å². The molecule has 0 fully saturated rings. The fraction of sp³-hybridized carbons (Fsp3) is 0.0968. The molecule has 5 rings (SSSR count). The molecule has 5 heteroatoms. The molecular weight excluding hydrogens is 631 g/mol. The SMILES string of the molecule is Cc1ccc(-c2[c-]cc(CF)cc2CF)nc1.[Ir].[c-]1ccccc1-c1ccc(-c2ccccc2)cn1. The quantitative estimate of drug-likeness (QED) is 0.180. The molecule has 0 aliphatic heterocycles. The number of hydrogen-bond acceptors (Lipinski definition) is 2. The molecule has 2 heterocycles. The van der Waals surface area contributed by atoms with Gasteiger partial charge in [-0.25, -0.2) is 0 Å². The average Bonchev–Trinajstić information content (AvgIpc) is 2.94. The number of benzene rings is 3. The molecule has 0 atom stereocenters. The number of hydrogen-bond donors (Lipinski definition) is 0. The van der Waals surface area contributed by atoms with E-state index in [0.29, 0.717) is 22.4 Å². The summed E-state index contributed by atoms with van der Waals surface area (Å²) in [6, 6.07) is 35.1. The second kappa shape index (κ2) is 13.5. The van der Waals surface area contributed by atoms with Gasteiger partial charge < -0.3 is 9.97 Å². The van der Waals surface area contributed by atoms with Gasteiger partial charge in [-0.2, -0.15) is 0 Å². The monoisotopic (exact) mass is 655 g/mol. The van der Waals surface area contributed by atoms with Crippen molar-refractivity contribution in [2.75, 3.05) is 0 Å². The molecule has 0 saturated heterocycles. The van der Waals surface area contributed by atoms with Crippen LogP contribution in [0.2, 0.25) is 0 Å². The molecule has 0 bridgehead atoms. The molecular formula is C31H24F2IrN2-2. The maximum atomic E-state index is 12.9. The Morgan fingerprint density at radius 1 is 0.722 bits per heavy atom. The molecule has 1 radical (unpaired) electrons. The summed E-state index contributed by atoms with van der Waals surface area (Å²) in [4.78, 5) is 8.72. The van der Waals surface area contributed by atoms with Crippen LogP contribution in [-0.2, 0) is 33.5 Å². The third-order valence-corrected chi connectivity index (χ3v) is 5.40. The number of pyridine rings is 2. The van der Waals surface area contributed by atoms with Gasteiger partial charge in [-0.1, -0.05) is 65.7 Å². The van der Waals surface area contributed by atoms with Crippen LogP contribution in [0, 0.1) is 19.1 Å².